The summed E-state index contributed by atoms with van der Waals surface area (Å²) in [7, 11) is -1.74. The number of rotatable bonds is 9. The number of benzene rings is 3. The Kier molecular flexibility index (Phi) is 9.49. The number of halogens is 3. The van der Waals surface area contributed by atoms with Gasteiger partial charge in [-0.3, -0.25) is 14.6 Å². The van der Waals surface area contributed by atoms with Crippen molar-refractivity contribution in [3.63, 3.8) is 0 Å². The number of fused-ring (bicyclic) bond motifs is 1. The second-order valence-corrected chi connectivity index (χ2v) is 15.8. The van der Waals surface area contributed by atoms with Crippen molar-refractivity contribution in [2.75, 3.05) is 59.2 Å². The third-order valence-corrected chi connectivity index (χ3v) is 10.9. The highest BCUT2D eigenvalue weighted by Gasteiger charge is 2.56. The molecule has 3 heterocycles. The van der Waals surface area contributed by atoms with E-state index in [1.807, 2.05) is 7.05 Å². The van der Waals surface area contributed by atoms with E-state index in [0.717, 1.165) is 32.4 Å². The molecular formula is C34H38Cl2FN3O6S. The highest BCUT2D eigenvalue weighted by atomic mass is 35.5. The van der Waals surface area contributed by atoms with Crippen molar-refractivity contribution in [3.05, 3.63) is 98.3 Å². The van der Waals surface area contributed by atoms with Crippen molar-refractivity contribution in [2.24, 2.45) is 0 Å². The molecule has 0 aromatic heterocycles. The molecule has 0 radical (unpaired) electrons. The monoisotopic (exact) mass is 705 g/mol. The average Bonchev–Trinajstić information content (AvgIpc) is 3.60. The molecule has 2 fully saturated rings. The summed E-state index contributed by atoms with van der Waals surface area (Å²) in [5.41, 5.74) is -2.36. The minimum atomic E-state index is -3.78. The number of nitrogens with zero attached hydrogens (tertiary/aromatic N) is 3. The maximum Gasteiger partial charge on any atom is 0.257 e. The van der Waals surface area contributed by atoms with E-state index < -0.39 is 39.0 Å². The van der Waals surface area contributed by atoms with E-state index in [1.165, 1.54) is 23.1 Å². The Balaban J connectivity index is 1.53. The molecule has 0 aliphatic carbocycles. The molecule has 6 rings (SSSR count). The van der Waals surface area contributed by atoms with Crippen molar-refractivity contribution < 1.29 is 32.2 Å². The molecule has 1 amide bonds. The molecule has 2 unspecified atom stereocenters. The summed E-state index contributed by atoms with van der Waals surface area (Å²) < 4.78 is 55.1. The third-order valence-electron chi connectivity index (χ3n) is 9.25. The highest BCUT2D eigenvalue weighted by molar-refractivity contribution is 7.90. The third kappa shape index (κ3) is 6.69. The molecule has 0 spiro atoms. The first-order valence-electron chi connectivity index (χ1n) is 15.5. The molecule has 47 heavy (non-hydrogen) atoms. The van der Waals surface area contributed by atoms with Gasteiger partial charge in [0.1, 0.15) is 5.82 Å². The van der Waals surface area contributed by atoms with Crippen LogP contribution in [0.3, 0.4) is 0 Å². The van der Waals surface area contributed by atoms with Crippen LogP contribution in [0, 0.1) is 5.82 Å². The molecule has 3 aliphatic rings. The first-order chi connectivity index (χ1) is 22.2. The lowest BCUT2D eigenvalue weighted by Crippen LogP contribution is -2.49. The van der Waals surface area contributed by atoms with Crippen molar-refractivity contribution >= 4 is 38.9 Å². The van der Waals surface area contributed by atoms with E-state index in [-0.39, 0.29) is 51.9 Å². The fourth-order valence-electron chi connectivity index (χ4n) is 6.76. The van der Waals surface area contributed by atoms with E-state index in [2.05, 4.69) is 9.80 Å². The predicted octanol–water partition coefficient (Wildman–Crippen LogP) is 4.65. The molecule has 0 saturated carbocycles. The molecule has 3 aromatic rings. The topological polar surface area (TPSA) is 99.6 Å². The molecule has 2 saturated heterocycles. The van der Waals surface area contributed by atoms with Crippen LogP contribution in [0.4, 0.5) is 4.39 Å². The number of hydrogen-bond donors (Lipinski definition) is 1. The number of amides is 1. The molecule has 0 bridgehead atoms. The summed E-state index contributed by atoms with van der Waals surface area (Å²) in [5, 5.41) is 12.4. The lowest BCUT2D eigenvalue weighted by molar-refractivity contribution is -0.148. The smallest absolute Gasteiger partial charge is 0.257 e. The standard InChI is InChI=1S/C34H38Cl2FN3O6S/c1-33(42,21-39-13-11-38(2)12-14-39)24-16-28-31(29(37)17-24)34(46-27-10-15-45-20-27,23-5-8-25(35)9-6-23)40(32(28)41)19-22-4-7-26(36)18-30(22)47(3,43)44/h4-9,16-18,27,42H,10-15,19-21H2,1-3H3/t27?,33?,34-/m1/s1. The molecule has 13 heteroatoms. The van der Waals surface area contributed by atoms with Crippen LogP contribution >= 0.6 is 23.2 Å². The summed E-state index contributed by atoms with van der Waals surface area (Å²) in [6.45, 7) is 5.43. The van der Waals surface area contributed by atoms with E-state index in [9.17, 15) is 18.3 Å². The number of piperazine rings is 1. The normalized spacial score (nSPS) is 23.7. The first kappa shape index (κ1) is 34.3. The molecule has 3 aliphatic heterocycles. The number of aliphatic hydroxyl groups is 1. The maximum absolute atomic E-state index is 16.9. The van der Waals surface area contributed by atoms with Crippen LogP contribution in [0.5, 0.6) is 0 Å². The van der Waals surface area contributed by atoms with Crippen LogP contribution in [-0.4, -0.2) is 99.5 Å². The van der Waals surface area contributed by atoms with Gasteiger partial charge in [-0.2, -0.15) is 0 Å². The number of likely N-dealkylation sites (N-methyl/N-ethyl adjacent to an activating group) is 1. The van der Waals surface area contributed by atoms with Crippen molar-refractivity contribution in [3.8, 4) is 0 Å². The number of sulfone groups is 1. The van der Waals surface area contributed by atoms with Gasteiger partial charge < -0.3 is 19.5 Å². The zero-order chi connectivity index (χ0) is 33.7. The van der Waals surface area contributed by atoms with E-state index >= 15 is 4.39 Å². The lowest BCUT2D eigenvalue weighted by Gasteiger charge is -2.41. The van der Waals surface area contributed by atoms with Gasteiger partial charge in [-0.1, -0.05) is 41.4 Å². The van der Waals surface area contributed by atoms with Gasteiger partial charge >= 0.3 is 0 Å². The fourth-order valence-corrected chi connectivity index (χ4v) is 8.07. The Morgan fingerprint density at radius 3 is 2.38 bits per heavy atom. The second-order valence-electron chi connectivity index (χ2n) is 12.9. The van der Waals surface area contributed by atoms with E-state index in [4.69, 9.17) is 32.7 Å². The average molecular weight is 707 g/mol. The van der Waals surface area contributed by atoms with Gasteiger partial charge in [-0.05, 0) is 67.9 Å². The van der Waals surface area contributed by atoms with E-state index in [0.29, 0.717) is 23.6 Å². The Labute approximate surface area is 284 Å². The predicted molar refractivity (Wildman–Crippen MR) is 177 cm³/mol. The summed E-state index contributed by atoms with van der Waals surface area (Å²) in [5.74, 6) is -1.32. The Morgan fingerprint density at radius 1 is 1.06 bits per heavy atom. The quantitative estimate of drug-likeness (QED) is 0.344. The summed E-state index contributed by atoms with van der Waals surface area (Å²) >= 11 is 12.5. The van der Waals surface area contributed by atoms with Crippen LogP contribution in [0.25, 0.3) is 0 Å². The van der Waals surface area contributed by atoms with Gasteiger partial charge in [0, 0.05) is 61.2 Å². The lowest BCUT2D eigenvalue weighted by atomic mass is 9.87. The summed E-state index contributed by atoms with van der Waals surface area (Å²) in [6.07, 6.45) is 1.06. The molecule has 252 valence electrons. The molecule has 3 atom stereocenters. The van der Waals surface area contributed by atoms with E-state index in [1.54, 1.807) is 43.3 Å². The molecule has 9 nitrogen and oxygen atoms in total. The number of carbonyl (C=O) groups excluding carboxylic acids is 1. The number of hydrogen-bond acceptors (Lipinski definition) is 8. The fraction of sp³-hybridized carbons (Fsp3) is 0.441. The zero-order valence-electron chi connectivity index (χ0n) is 26.5. The van der Waals surface area contributed by atoms with Crippen LogP contribution in [0.1, 0.15) is 46.0 Å². The van der Waals surface area contributed by atoms with Crippen LogP contribution in [0.15, 0.2) is 59.5 Å². The van der Waals surface area contributed by atoms with Gasteiger partial charge in [0.2, 0.25) is 5.72 Å². The number of ether oxygens (including phenoxy) is 2. The highest BCUT2D eigenvalue weighted by Crippen LogP contribution is 2.50. The van der Waals surface area contributed by atoms with Gasteiger partial charge in [0.05, 0.1) is 40.9 Å². The number of carbonyl (C=O) groups is 1. The van der Waals surface area contributed by atoms with Crippen molar-refractivity contribution in [1.82, 2.24) is 14.7 Å². The Bertz CT molecular complexity index is 1780. The van der Waals surface area contributed by atoms with Gasteiger partial charge in [-0.25, -0.2) is 12.8 Å². The largest absolute Gasteiger partial charge is 0.384 e. The zero-order valence-corrected chi connectivity index (χ0v) is 28.8. The van der Waals surface area contributed by atoms with Crippen LogP contribution < -0.4 is 0 Å². The molecular weight excluding hydrogens is 668 g/mol. The van der Waals surface area contributed by atoms with Crippen molar-refractivity contribution in [2.45, 2.75) is 42.2 Å². The summed E-state index contributed by atoms with van der Waals surface area (Å²) in [4.78, 5) is 20.3. The van der Waals surface area contributed by atoms with Crippen molar-refractivity contribution in [1.29, 1.82) is 0 Å². The second kappa shape index (κ2) is 13.0. The summed E-state index contributed by atoms with van der Waals surface area (Å²) in [6, 6.07) is 13.8. The number of β-amino-alcohol motifs (C(OH)–C–C–N with tert-alkyl or cyclic N) is 1. The minimum Gasteiger partial charge on any atom is -0.384 e. The van der Waals surface area contributed by atoms with Crippen LogP contribution in [0.2, 0.25) is 10.0 Å². The SMILES string of the molecule is CN1CCN(CC(C)(O)c2cc(F)c3c(c2)C(=O)N(Cc2ccc(Cl)cc2S(C)(=O)=O)[C@@]3(OC2CCOC2)c2ccc(Cl)cc2)CC1. The first-order valence-corrected chi connectivity index (χ1v) is 18.1. The molecule has 3 aromatic carbocycles. The Morgan fingerprint density at radius 2 is 1.74 bits per heavy atom. The van der Waals surface area contributed by atoms with Gasteiger partial charge in [0.25, 0.3) is 5.91 Å². The van der Waals surface area contributed by atoms with Gasteiger partial charge in [0.15, 0.2) is 9.84 Å². The van der Waals surface area contributed by atoms with Crippen LogP contribution in [-0.2, 0) is 37.2 Å². The minimum absolute atomic E-state index is 0.0161. The maximum atomic E-state index is 16.9. The Hall–Kier alpha value is -2.61. The molecule has 1 N–H and O–H groups in total. The van der Waals surface area contributed by atoms with Gasteiger partial charge in [-0.15, -0.1) is 0 Å².